The van der Waals surface area contributed by atoms with Crippen LogP contribution in [0.5, 0.6) is 5.75 Å². The maximum atomic E-state index is 13.3. The third-order valence-electron chi connectivity index (χ3n) is 4.68. The molecule has 7 nitrogen and oxygen atoms in total. The first-order valence-corrected chi connectivity index (χ1v) is 10.0. The molecule has 4 rings (SSSR count). The first-order valence-electron chi connectivity index (χ1n) is 10.0. The number of nitrogen functional groups attached to an aromatic ring is 1. The summed E-state index contributed by atoms with van der Waals surface area (Å²) in [6.45, 7) is 0.612. The summed E-state index contributed by atoms with van der Waals surface area (Å²) in [6, 6.07) is 24.0. The maximum absolute atomic E-state index is 13.3. The van der Waals surface area contributed by atoms with Crippen molar-refractivity contribution in [2.24, 2.45) is 0 Å². The van der Waals surface area contributed by atoms with Gasteiger partial charge in [0.1, 0.15) is 29.6 Å². The van der Waals surface area contributed by atoms with Gasteiger partial charge in [-0.2, -0.15) is 5.10 Å². The second-order valence-electron chi connectivity index (χ2n) is 6.91. The van der Waals surface area contributed by atoms with E-state index in [0.29, 0.717) is 30.2 Å². The van der Waals surface area contributed by atoms with Crippen LogP contribution in [0.1, 0.15) is 0 Å². The summed E-state index contributed by atoms with van der Waals surface area (Å²) < 4.78 is 20.4. The molecule has 1 aromatic heterocycles. The first-order chi connectivity index (χ1) is 15.6. The van der Waals surface area contributed by atoms with E-state index < -0.39 is 6.03 Å². The summed E-state index contributed by atoms with van der Waals surface area (Å²) in [4.78, 5) is 12.5. The number of amides is 2. The molecule has 0 bridgehead atoms. The highest BCUT2D eigenvalue weighted by Gasteiger charge is 2.20. The molecule has 4 aromatic rings. The minimum absolute atomic E-state index is 0.228. The number of para-hydroxylation sites is 1. The first kappa shape index (κ1) is 20.9. The number of ether oxygens (including phenoxy) is 1. The van der Waals surface area contributed by atoms with Crippen molar-refractivity contribution in [3.63, 3.8) is 0 Å². The lowest BCUT2D eigenvalue weighted by Crippen LogP contribution is -2.32. The molecule has 0 fully saturated rings. The van der Waals surface area contributed by atoms with Crippen molar-refractivity contribution in [1.82, 2.24) is 15.1 Å². The van der Waals surface area contributed by atoms with Crippen molar-refractivity contribution in [3.8, 4) is 22.7 Å². The average Bonchev–Trinajstić information content (AvgIpc) is 3.14. The van der Waals surface area contributed by atoms with Gasteiger partial charge in [-0.1, -0.05) is 48.5 Å². The fourth-order valence-corrected chi connectivity index (χ4v) is 3.14. The lowest BCUT2D eigenvalue weighted by molar-refractivity contribution is 0.247. The molecule has 0 spiro atoms. The molecule has 1 heterocycles. The van der Waals surface area contributed by atoms with Crippen molar-refractivity contribution in [2.75, 3.05) is 24.2 Å². The molecule has 0 unspecified atom stereocenters. The zero-order valence-corrected chi connectivity index (χ0v) is 17.2. The quantitative estimate of drug-likeness (QED) is 0.377. The van der Waals surface area contributed by atoms with Crippen LogP contribution in [0.15, 0.2) is 84.9 Å². The minimum atomic E-state index is -0.441. The van der Waals surface area contributed by atoms with Gasteiger partial charge in [-0.05, 0) is 36.4 Å². The number of nitrogens with zero attached hydrogens (tertiary/aromatic N) is 2. The number of rotatable bonds is 7. The monoisotopic (exact) mass is 431 g/mol. The molecule has 0 aliphatic heterocycles. The Labute approximate surface area is 184 Å². The zero-order chi connectivity index (χ0) is 22.3. The topological polar surface area (TPSA) is 94.2 Å². The van der Waals surface area contributed by atoms with Gasteiger partial charge >= 0.3 is 6.03 Å². The van der Waals surface area contributed by atoms with E-state index in [1.54, 1.807) is 12.1 Å². The average molecular weight is 431 g/mol. The van der Waals surface area contributed by atoms with Crippen molar-refractivity contribution in [1.29, 1.82) is 0 Å². The Morgan fingerprint density at radius 2 is 1.62 bits per heavy atom. The molecule has 32 heavy (non-hydrogen) atoms. The standard InChI is InChI=1S/C24H22FN5O2/c25-18-11-13-19(14-12-18)30-23(26)22(21(29-30)17-7-3-1-4-8-17)28-24(31)27-15-16-32-20-9-5-2-6-10-20/h1-14H,15-16,26H2,(H2,27,28,31). The predicted molar refractivity (Wildman–Crippen MR) is 122 cm³/mol. The van der Waals surface area contributed by atoms with E-state index in [1.807, 2.05) is 60.7 Å². The number of aromatic nitrogens is 2. The van der Waals surface area contributed by atoms with E-state index in [-0.39, 0.29) is 11.6 Å². The molecule has 4 N–H and O–H groups in total. The fourth-order valence-electron chi connectivity index (χ4n) is 3.14. The summed E-state index contributed by atoms with van der Waals surface area (Å²) in [6.07, 6.45) is 0. The van der Waals surface area contributed by atoms with Crippen LogP contribution >= 0.6 is 0 Å². The second kappa shape index (κ2) is 9.65. The maximum Gasteiger partial charge on any atom is 0.319 e. The highest BCUT2D eigenvalue weighted by molar-refractivity contribution is 5.97. The van der Waals surface area contributed by atoms with Gasteiger partial charge in [-0.25, -0.2) is 13.9 Å². The molecule has 0 saturated carbocycles. The molecule has 162 valence electrons. The zero-order valence-electron chi connectivity index (χ0n) is 17.2. The fraction of sp³-hybridized carbons (Fsp3) is 0.0833. The van der Waals surface area contributed by atoms with Crippen molar-refractivity contribution in [2.45, 2.75) is 0 Å². The normalized spacial score (nSPS) is 10.5. The van der Waals surface area contributed by atoms with Gasteiger partial charge in [0.2, 0.25) is 0 Å². The van der Waals surface area contributed by atoms with E-state index in [1.165, 1.54) is 16.8 Å². The number of benzene rings is 3. The van der Waals surface area contributed by atoms with Crippen LogP contribution < -0.4 is 21.1 Å². The largest absolute Gasteiger partial charge is 0.492 e. The number of nitrogens with one attached hydrogen (secondary N) is 2. The van der Waals surface area contributed by atoms with Crippen LogP contribution in [0.2, 0.25) is 0 Å². The molecular formula is C24H22FN5O2. The Morgan fingerprint density at radius 1 is 0.969 bits per heavy atom. The van der Waals surface area contributed by atoms with Gasteiger partial charge in [-0.3, -0.25) is 0 Å². The number of hydrogen-bond acceptors (Lipinski definition) is 4. The molecule has 0 aliphatic rings. The second-order valence-corrected chi connectivity index (χ2v) is 6.91. The van der Waals surface area contributed by atoms with Crippen LogP contribution in [0.4, 0.5) is 20.7 Å². The third kappa shape index (κ3) is 4.86. The Morgan fingerprint density at radius 3 is 2.31 bits per heavy atom. The molecule has 3 aromatic carbocycles. The number of carbonyl (C=O) groups is 1. The van der Waals surface area contributed by atoms with Crippen molar-refractivity contribution < 1.29 is 13.9 Å². The minimum Gasteiger partial charge on any atom is -0.492 e. The number of carbonyl (C=O) groups excluding carboxylic acids is 1. The third-order valence-corrected chi connectivity index (χ3v) is 4.68. The highest BCUT2D eigenvalue weighted by Crippen LogP contribution is 2.34. The van der Waals surface area contributed by atoms with Gasteiger partial charge in [0.15, 0.2) is 5.82 Å². The van der Waals surface area contributed by atoms with Gasteiger partial charge in [0, 0.05) is 5.56 Å². The van der Waals surface area contributed by atoms with E-state index in [0.717, 1.165) is 11.3 Å². The molecule has 0 radical (unpaired) electrons. The van der Waals surface area contributed by atoms with Crippen molar-refractivity contribution >= 4 is 17.5 Å². The SMILES string of the molecule is Nc1c(NC(=O)NCCOc2ccccc2)c(-c2ccccc2)nn1-c1ccc(F)cc1. The Hall–Kier alpha value is -4.33. The van der Waals surface area contributed by atoms with Crippen molar-refractivity contribution in [3.05, 3.63) is 90.7 Å². The summed E-state index contributed by atoms with van der Waals surface area (Å²) in [5, 5.41) is 10.1. The van der Waals surface area contributed by atoms with Crippen LogP contribution in [0.3, 0.4) is 0 Å². The van der Waals surface area contributed by atoms with Crippen LogP contribution in [-0.4, -0.2) is 29.0 Å². The Bertz CT molecular complexity index is 1180. The van der Waals surface area contributed by atoms with E-state index in [9.17, 15) is 9.18 Å². The molecule has 0 aliphatic carbocycles. The molecule has 2 amide bonds. The smallest absolute Gasteiger partial charge is 0.319 e. The number of halogens is 1. The molecule has 0 saturated heterocycles. The van der Waals surface area contributed by atoms with E-state index >= 15 is 0 Å². The van der Waals surface area contributed by atoms with Gasteiger partial charge in [0.05, 0.1) is 12.2 Å². The summed E-state index contributed by atoms with van der Waals surface area (Å²) in [7, 11) is 0. The predicted octanol–water partition coefficient (Wildman–Crippen LogP) is 4.46. The number of urea groups is 1. The van der Waals surface area contributed by atoms with Gasteiger partial charge in [0.25, 0.3) is 0 Å². The van der Waals surface area contributed by atoms with E-state index in [4.69, 9.17) is 10.5 Å². The Balaban J connectivity index is 1.51. The highest BCUT2D eigenvalue weighted by atomic mass is 19.1. The summed E-state index contributed by atoms with van der Waals surface area (Å²) >= 11 is 0. The lowest BCUT2D eigenvalue weighted by Gasteiger charge is -2.10. The Kier molecular flexibility index (Phi) is 6.31. The molecule has 8 heteroatoms. The van der Waals surface area contributed by atoms with E-state index in [2.05, 4.69) is 15.7 Å². The summed E-state index contributed by atoms with van der Waals surface area (Å²) in [5.74, 6) is 0.593. The van der Waals surface area contributed by atoms with Crippen LogP contribution in [0.25, 0.3) is 16.9 Å². The summed E-state index contributed by atoms with van der Waals surface area (Å²) in [5.41, 5.74) is 8.55. The van der Waals surface area contributed by atoms with Gasteiger partial charge < -0.3 is 21.1 Å². The number of anilines is 2. The number of nitrogens with two attached hydrogens (primary N) is 1. The van der Waals surface area contributed by atoms with Gasteiger partial charge in [-0.15, -0.1) is 0 Å². The lowest BCUT2D eigenvalue weighted by atomic mass is 10.1. The molecular weight excluding hydrogens is 409 g/mol. The van der Waals surface area contributed by atoms with Crippen LogP contribution in [-0.2, 0) is 0 Å². The van der Waals surface area contributed by atoms with Crippen LogP contribution in [0, 0.1) is 5.82 Å². The molecule has 0 atom stereocenters. The number of hydrogen-bond donors (Lipinski definition) is 3.